The zero-order chi connectivity index (χ0) is 22.9. The molecule has 2 aromatic carbocycles. The van der Waals surface area contributed by atoms with Gasteiger partial charge in [0.05, 0.1) is 38.2 Å². The van der Waals surface area contributed by atoms with Crippen molar-refractivity contribution in [1.29, 1.82) is 0 Å². The molecule has 1 amide bonds. The smallest absolute Gasteiger partial charge is 0.252 e. The molecule has 2 heterocycles. The minimum absolute atomic E-state index is 0.0706. The minimum Gasteiger partial charge on any atom is -0.493 e. The maximum atomic E-state index is 12.8. The van der Waals surface area contributed by atoms with Crippen molar-refractivity contribution in [1.82, 2.24) is 4.90 Å². The average molecular weight is 495 g/mol. The average Bonchev–Trinajstić information content (AvgIpc) is 3.21. The normalized spacial score (nSPS) is 22.7. The number of aliphatic imine (C=N–C) groups is 1. The Kier molecular flexibility index (Phi) is 6.69. The summed E-state index contributed by atoms with van der Waals surface area (Å²) in [6.45, 7) is 0.462. The number of benzene rings is 2. The molecule has 2 aliphatic rings. The van der Waals surface area contributed by atoms with E-state index in [9.17, 15) is 13.2 Å². The molecule has 0 bridgehead atoms. The highest BCUT2D eigenvalue weighted by molar-refractivity contribution is 8.15. The fraction of sp³-hybridized carbons (Fsp3) is 0.364. The van der Waals surface area contributed by atoms with Crippen LogP contribution in [-0.2, 0) is 27.6 Å². The van der Waals surface area contributed by atoms with E-state index in [-0.39, 0.29) is 35.1 Å². The molecule has 0 spiro atoms. The highest BCUT2D eigenvalue weighted by atomic mass is 35.5. The Bertz CT molecular complexity index is 1150. The number of hydrogen-bond acceptors (Lipinski definition) is 6. The summed E-state index contributed by atoms with van der Waals surface area (Å²) < 4.78 is 34.9. The van der Waals surface area contributed by atoms with Gasteiger partial charge in [0.15, 0.2) is 26.5 Å². The molecular weight excluding hydrogens is 472 g/mol. The van der Waals surface area contributed by atoms with Crippen LogP contribution in [-0.4, -0.2) is 61.4 Å². The van der Waals surface area contributed by atoms with Crippen molar-refractivity contribution in [3.63, 3.8) is 0 Å². The number of carbonyl (C=O) groups is 1. The van der Waals surface area contributed by atoms with Gasteiger partial charge >= 0.3 is 0 Å². The lowest BCUT2D eigenvalue weighted by Crippen LogP contribution is -2.37. The van der Waals surface area contributed by atoms with E-state index < -0.39 is 9.84 Å². The van der Waals surface area contributed by atoms with E-state index >= 15 is 0 Å². The van der Waals surface area contributed by atoms with Gasteiger partial charge in [-0.25, -0.2) is 8.42 Å². The Morgan fingerprint density at radius 3 is 2.47 bits per heavy atom. The molecule has 0 saturated carbocycles. The van der Waals surface area contributed by atoms with E-state index in [1.807, 2.05) is 17.0 Å². The van der Waals surface area contributed by atoms with Crippen molar-refractivity contribution in [3.8, 4) is 11.5 Å². The number of amidine groups is 1. The number of ether oxygens (including phenoxy) is 2. The summed E-state index contributed by atoms with van der Waals surface area (Å²) in [5.74, 6) is 1.00. The van der Waals surface area contributed by atoms with Crippen LogP contribution in [0.15, 0.2) is 47.5 Å². The molecule has 2 saturated heterocycles. The number of rotatable bonds is 6. The van der Waals surface area contributed by atoms with Crippen LogP contribution in [0.2, 0.25) is 5.02 Å². The van der Waals surface area contributed by atoms with Gasteiger partial charge in [0.2, 0.25) is 0 Å². The van der Waals surface area contributed by atoms with Gasteiger partial charge in [-0.2, -0.15) is 4.99 Å². The maximum Gasteiger partial charge on any atom is 0.252 e. The highest BCUT2D eigenvalue weighted by Gasteiger charge is 2.48. The van der Waals surface area contributed by atoms with Crippen LogP contribution in [0.4, 0.5) is 0 Å². The SMILES string of the molecule is COc1ccc(CC(=O)N=C2SC3CS(=O)(=O)CC3N2Cc2ccc(Cl)cc2)cc1OC. The van der Waals surface area contributed by atoms with E-state index in [2.05, 4.69) is 4.99 Å². The van der Waals surface area contributed by atoms with Crippen LogP contribution < -0.4 is 9.47 Å². The summed E-state index contributed by atoms with van der Waals surface area (Å²) in [4.78, 5) is 19.1. The number of sulfone groups is 1. The zero-order valence-electron chi connectivity index (χ0n) is 17.7. The quantitative estimate of drug-likeness (QED) is 0.609. The second kappa shape index (κ2) is 9.33. The molecule has 170 valence electrons. The van der Waals surface area contributed by atoms with Crippen molar-refractivity contribution in [2.75, 3.05) is 25.7 Å². The van der Waals surface area contributed by atoms with Gasteiger partial charge in [-0.1, -0.05) is 41.6 Å². The fourth-order valence-corrected chi connectivity index (χ4v) is 8.01. The van der Waals surface area contributed by atoms with E-state index in [1.165, 1.54) is 11.8 Å². The monoisotopic (exact) mass is 494 g/mol. The second-order valence-electron chi connectivity index (χ2n) is 7.71. The topological polar surface area (TPSA) is 85.3 Å². The van der Waals surface area contributed by atoms with Gasteiger partial charge in [-0.15, -0.1) is 0 Å². The van der Waals surface area contributed by atoms with Gasteiger partial charge in [0.1, 0.15) is 0 Å². The Balaban J connectivity index is 1.56. The molecule has 2 atom stereocenters. The molecule has 2 unspecified atom stereocenters. The molecule has 2 fully saturated rings. The first-order valence-electron chi connectivity index (χ1n) is 9.98. The number of fused-ring (bicyclic) bond motifs is 1. The van der Waals surface area contributed by atoms with Crippen molar-refractivity contribution in [2.45, 2.75) is 24.3 Å². The zero-order valence-corrected chi connectivity index (χ0v) is 20.0. The molecule has 32 heavy (non-hydrogen) atoms. The molecule has 4 rings (SSSR count). The summed E-state index contributed by atoms with van der Waals surface area (Å²) in [5.41, 5.74) is 1.73. The van der Waals surface area contributed by atoms with Gasteiger partial charge < -0.3 is 14.4 Å². The van der Waals surface area contributed by atoms with E-state index in [1.54, 1.807) is 44.6 Å². The van der Waals surface area contributed by atoms with Crippen molar-refractivity contribution in [3.05, 3.63) is 58.6 Å². The van der Waals surface area contributed by atoms with Crippen LogP contribution in [0, 0.1) is 0 Å². The summed E-state index contributed by atoms with van der Waals surface area (Å²) in [6, 6.07) is 12.5. The number of amides is 1. The first-order valence-corrected chi connectivity index (χ1v) is 13.1. The summed E-state index contributed by atoms with van der Waals surface area (Å²) in [6.07, 6.45) is 0.104. The van der Waals surface area contributed by atoms with Crippen LogP contribution in [0.1, 0.15) is 11.1 Å². The molecule has 0 aliphatic carbocycles. The third-order valence-corrected chi connectivity index (χ3v) is 8.96. The molecule has 2 aliphatic heterocycles. The number of halogens is 1. The number of thioether (sulfide) groups is 1. The summed E-state index contributed by atoms with van der Waals surface area (Å²) in [5, 5.41) is 1.07. The molecule has 7 nitrogen and oxygen atoms in total. The molecular formula is C22H23ClN2O5S2. The first-order chi connectivity index (χ1) is 15.3. The molecule has 0 N–H and O–H groups in total. The Hall–Kier alpha value is -2.23. The van der Waals surface area contributed by atoms with Gasteiger partial charge in [-0.05, 0) is 35.4 Å². The van der Waals surface area contributed by atoms with Crippen molar-refractivity contribution >= 4 is 44.3 Å². The largest absolute Gasteiger partial charge is 0.493 e. The standard InChI is InChI=1S/C22H23ClN2O5S2/c1-29-18-8-5-15(9-19(18)30-2)10-21(26)24-22-25(11-14-3-6-16(23)7-4-14)17-12-32(27,28)13-20(17)31-22/h3-9,17,20H,10-13H2,1-2H3. The Morgan fingerprint density at radius 1 is 1.09 bits per heavy atom. The lowest BCUT2D eigenvalue weighted by Gasteiger charge is -2.24. The van der Waals surface area contributed by atoms with Crippen LogP contribution in [0.5, 0.6) is 11.5 Å². The van der Waals surface area contributed by atoms with E-state index in [0.717, 1.165) is 11.1 Å². The fourth-order valence-electron chi connectivity index (χ4n) is 3.92. The van der Waals surface area contributed by atoms with Crippen molar-refractivity contribution in [2.24, 2.45) is 4.99 Å². The maximum absolute atomic E-state index is 12.8. The molecule has 10 heteroatoms. The van der Waals surface area contributed by atoms with E-state index in [0.29, 0.717) is 28.2 Å². The highest BCUT2D eigenvalue weighted by Crippen LogP contribution is 2.39. The number of carbonyl (C=O) groups excluding carboxylic acids is 1. The van der Waals surface area contributed by atoms with Crippen LogP contribution >= 0.6 is 23.4 Å². The number of hydrogen-bond donors (Lipinski definition) is 0. The summed E-state index contributed by atoms with van der Waals surface area (Å²) in [7, 11) is -0.00565. The number of nitrogens with zero attached hydrogens (tertiary/aromatic N) is 2. The Labute approximate surface area is 196 Å². The third-order valence-electron chi connectivity index (χ3n) is 5.46. The van der Waals surface area contributed by atoms with Gasteiger partial charge in [0, 0.05) is 16.8 Å². The van der Waals surface area contributed by atoms with Gasteiger partial charge in [-0.3, -0.25) is 4.79 Å². The molecule has 0 aromatic heterocycles. The van der Waals surface area contributed by atoms with Crippen molar-refractivity contribution < 1.29 is 22.7 Å². The predicted octanol–water partition coefficient (Wildman–Crippen LogP) is 3.20. The van der Waals surface area contributed by atoms with Gasteiger partial charge in [0.25, 0.3) is 5.91 Å². The molecule has 2 aromatic rings. The lowest BCUT2D eigenvalue weighted by molar-refractivity contribution is -0.117. The lowest BCUT2D eigenvalue weighted by atomic mass is 10.1. The first kappa shape index (κ1) is 22.9. The van der Waals surface area contributed by atoms with E-state index in [4.69, 9.17) is 21.1 Å². The number of methoxy groups -OCH3 is 2. The third kappa shape index (κ3) is 5.05. The van der Waals surface area contributed by atoms with Crippen LogP contribution in [0.3, 0.4) is 0 Å². The van der Waals surface area contributed by atoms with Crippen LogP contribution in [0.25, 0.3) is 0 Å². The second-order valence-corrected chi connectivity index (χ2v) is 11.5. The minimum atomic E-state index is -3.10. The summed E-state index contributed by atoms with van der Waals surface area (Å²) >= 11 is 7.36. The molecule has 0 radical (unpaired) electrons. The Morgan fingerprint density at radius 2 is 1.78 bits per heavy atom. The predicted molar refractivity (Wildman–Crippen MR) is 127 cm³/mol.